The average molecular weight is 336 g/mol. The lowest BCUT2D eigenvalue weighted by Gasteiger charge is -2.11. The third-order valence-corrected chi connectivity index (χ3v) is 3.88. The maximum absolute atomic E-state index is 13.1. The lowest BCUT2D eigenvalue weighted by atomic mass is 10.1. The van der Waals surface area contributed by atoms with Gasteiger partial charge in [-0.2, -0.15) is 0 Å². The molecule has 0 saturated heterocycles. The molecule has 25 heavy (non-hydrogen) atoms. The predicted molar refractivity (Wildman–Crippen MR) is 91.2 cm³/mol. The van der Waals surface area contributed by atoms with Crippen molar-refractivity contribution in [2.45, 2.75) is 0 Å². The molecule has 4 rings (SSSR count). The largest absolute Gasteiger partial charge is 0.458 e. The quantitative estimate of drug-likeness (QED) is 0.564. The number of benzene rings is 1. The molecule has 5 nitrogen and oxygen atoms in total. The Kier molecular flexibility index (Phi) is 3.57. The summed E-state index contributed by atoms with van der Waals surface area (Å²) >= 11 is 0. The molecule has 3 aromatic heterocycles. The summed E-state index contributed by atoms with van der Waals surface area (Å²) in [5, 5.41) is 0.681. The number of halogens is 1. The van der Waals surface area contributed by atoms with Crippen LogP contribution in [0, 0.1) is 5.82 Å². The number of hydrogen-bond acceptors (Lipinski definition) is 4. The van der Waals surface area contributed by atoms with Gasteiger partial charge in [-0.05, 0) is 42.5 Å². The monoisotopic (exact) mass is 336 g/mol. The van der Waals surface area contributed by atoms with Gasteiger partial charge in [0.15, 0.2) is 5.58 Å². The van der Waals surface area contributed by atoms with E-state index in [2.05, 4.69) is 4.98 Å². The normalized spacial score (nSPS) is 11.0. The van der Waals surface area contributed by atoms with Gasteiger partial charge in [-0.25, -0.2) is 9.37 Å². The van der Waals surface area contributed by atoms with Crippen LogP contribution >= 0.6 is 0 Å². The van der Waals surface area contributed by atoms with Gasteiger partial charge in [-0.1, -0.05) is 0 Å². The number of hydrogen-bond donors (Lipinski definition) is 0. The van der Waals surface area contributed by atoms with E-state index < -0.39 is 0 Å². The van der Waals surface area contributed by atoms with Crippen molar-refractivity contribution in [3.05, 3.63) is 77.3 Å². The first kappa shape index (κ1) is 15.1. The molecule has 124 valence electrons. The number of fused-ring (bicyclic) bond motifs is 1. The van der Waals surface area contributed by atoms with Crippen LogP contribution in [-0.2, 0) is 7.05 Å². The van der Waals surface area contributed by atoms with Crippen molar-refractivity contribution in [1.82, 2.24) is 9.55 Å². The third-order valence-electron chi connectivity index (χ3n) is 3.88. The van der Waals surface area contributed by atoms with Crippen LogP contribution in [0.25, 0.3) is 22.1 Å². The molecular formula is C19H13FN2O3. The highest BCUT2D eigenvalue weighted by Crippen LogP contribution is 2.35. The summed E-state index contributed by atoms with van der Waals surface area (Å²) in [6.07, 6.45) is 4.80. The SMILES string of the molecule is Cn1cc(-c2cccnc2Oc2ccc(F)cc2)c2ccoc2c1=O. The molecule has 0 amide bonds. The highest BCUT2D eigenvalue weighted by molar-refractivity contribution is 5.94. The minimum atomic E-state index is -0.341. The number of aromatic nitrogens is 2. The Morgan fingerprint density at radius 3 is 2.72 bits per heavy atom. The Hall–Kier alpha value is -3.41. The van der Waals surface area contributed by atoms with E-state index in [0.717, 1.165) is 5.56 Å². The van der Waals surface area contributed by atoms with Crippen LogP contribution in [0.1, 0.15) is 0 Å². The smallest absolute Gasteiger partial charge is 0.293 e. The Morgan fingerprint density at radius 2 is 1.92 bits per heavy atom. The molecule has 0 N–H and O–H groups in total. The van der Waals surface area contributed by atoms with Gasteiger partial charge in [-0.3, -0.25) is 4.79 Å². The van der Waals surface area contributed by atoms with Crippen molar-refractivity contribution >= 4 is 11.0 Å². The Balaban J connectivity index is 1.87. The number of rotatable bonds is 3. The van der Waals surface area contributed by atoms with E-state index in [1.807, 2.05) is 6.07 Å². The zero-order valence-corrected chi connectivity index (χ0v) is 13.3. The lowest BCUT2D eigenvalue weighted by Crippen LogP contribution is -2.15. The molecule has 1 aromatic carbocycles. The summed E-state index contributed by atoms with van der Waals surface area (Å²) < 4.78 is 25.7. The first-order chi connectivity index (χ1) is 12.1. The van der Waals surface area contributed by atoms with Crippen molar-refractivity contribution in [2.75, 3.05) is 0 Å². The second-order valence-corrected chi connectivity index (χ2v) is 5.53. The van der Waals surface area contributed by atoms with Gasteiger partial charge < -0.3 is 13.7 Å². The molecule has 0 unspecified atom stereocenters. The van der Waals surface area contributed by atoms with Crippen LogP contribution in [0.4, 0.5) is 4.39 Å². The van der Waals surface area contributed by atoms with Crippen molar-refractivity contribution in [1.29, 1.82) is 0 Å². The lowest BCUT2D eigenvalue weighted by molar-refractivity contribution is 0.463. The standard InChI is InChI=1S/C19H13FN2O3/c1-22-11-16(14-8-10-24-17(14)19(22)23)15-3-2-9-21-18(15)25-13-6-4-12(20)5-7-13/h2-11H,1H3. The van der Waals surface area contributed by atoms with Crippen LogP contribution in [0.3, 0.4) is 0 Å². The third kappa shape index (κ3) is 2.67. The first-order valence-corrected chi connectivity index (χ1v) is 7.59. The summed E-state index contributed by atoms with van der Waals surface area (Å²) in [5.74, 6) is 0.483. The molecule has 0 radical (unpaired) electrons. The summed E-state index contributed by atoms with van der Waals surface area (Å²) in [6, 6.07) is 11.1. The minimum absolute atomic E-state index is 0.214. The van der Waals surface area contributed by atoms with Crippen molar-refractivity contribution in [2.24, 2.45) is 7.05 Å². The van der Waals surface area contributed by atoms with E-state index in [1.165, 1.54) is 35.1 Å². The summed E-state index contributed by atoms with van der Waals surface area (Å²) in [4.78, 5) is 16.4. The molecule has 0 aliphatic carbocycles. The van der Waals surface area contributed by atoms with Crippen molar-refractivity contribution < 1.29 is 13.5 Å². The van der Waals surface area contributed by atoms with Crippen LogP contribution in [-0.4, -0.2) is 9.55 Å². The van der Waals surface area contributed by atoms with Crippen LogP contribution in [0.5, 0.6) is 11.6 Å². The average Bonchev–Trinajstić information content (AvgIpc) is 3.11. The molecule has 0 bridgehead atoms. The number of ether oxygens (including phenoxy) is 1. The van der Waals surface area contributed by atoms with E-state index >= 15 is 0 Å². The van der Waals surface area contributed by atoms with Gasteiger partial charge in [0.1, 0.15) is 11.6 Å². The summed E-state index contributed by atoms with van der Waals surface area (Å²) in [7, 11) is 1.66. The van der Waals surface area contributed by atoms with E-state index in [9.17, 15) is 9.18 Å². The highest BCUT2D eigenvalue weighted by Gasteiger charge is 2.16. The fourth-order valence-corrected chi connectivity index (χ4v) is 2.67. The Morgan fingerprint density at radius 1 is 1.12 bits per heavy atom. The molecular weight excluding hydrogens is 323 g/mol. The summed E-state index contributed by atoms with van der Waals surface area (Å²) in [5.41, 5.74) is 1.52. The van der Waals surface area contributed by atoms with Gasteiger partial charge in [0.05, 0.1) is 6.26 Å². The minimum Gasteiger partial charge on any atom is -0.458 e. The maximum Gasteiger partial charge on any atom is 0.293 e. The van der Waals surface area contributed by atoms with Gasteiger partial charge in [-0.15, -0.1) is 0 Å². The van der Waals surface area contributed by atoms with Crippen LogP contribution < -0.4 is 10.3 Å². The topological polar surface area (TPSA) is 57.3 Å². The van der Waals surface area contributed by atoms with E-state index in [-0.39, 0.29) is 17.0 Å². The van der Waals surface area contributed by atoms with Gasteiger partial charge in [0, 0.05) is 36.0 Å². The molecule has 0 spiro atoms. The predicted octanol–water partition coefficient (Wildman–Crippen LogP) is 4.12. The molecule has 0 aliphatic rings. The van der Waals surface area contributed by atoms with Crippen molar-refractivity contribution in [3.63, 3.8) is 0 Å². The first-order valence-electron chi connectivity index (χ1n) is 7.59. The molecule has 0 aliphatic heterocycles. The second-order valence-electron chi connectivity index (χ2n) is 5.53. The zero-order chi connectivity index (χ0) is 17.4. The molecule has 0 fully saturated rings. The van der Waals surface area contributed by atoms with E-state index in [1.54, 1.807) is 31.6 Å². The van der Waals surface area contributed by atoms with E-state index in [0.29, 0.717) is 22.6 Å². The van der Waals surface area contributed by atoms with Crippen molar-refractivity contribution in [3.8, 4) is 22.8 Å². The van der Waals surface area contributed by atoms with Gasteiger partial charge in [0.25, 0.3) is 5.56 Å². The zero-order valence-electron chi connectivity index (χ0n) is 13.3. The fourth-order valence-electron chi connectivity index (χ4n) is 2.67. The summed E-state index contributed by atoms with van der Waals surface area (Å²) in [6.45, 7) is 0. The highest BCUT2D eigenvalue weighted by atomic mass is 19.1. The molecule has 4 aromatic rings. The van der Waals surface area contributed by atoms with Gasteiger partial charge >= 0.3 is 0 Å². The number of aryl methyl sites for hydroxylation is 1. The number of pyridine rings is 2. The van der Waals surface area contributed by atoms with Crippen LogP contribution in [0.15, 0.2) is 70.3 Å². The van der Waals surface area contributed by atoms with Crippen LogP contribution in [0.2, 0.25) is 0 Å². The number of furan rings is 1. The second kappa shape index (κ2) is 5.90. The van der Waals surface area contributed by atoms with Gasteiger partial charge in [0.2, 0.25) is 5.88 Å². The number of nitrogens with zero attached hydrogens (tertiary/aromatic N) is 2. The molecule has 6 heteroatoms. The Labute approximate surface area is 141 Å². The molecule has 0 saturated carbocycles. The molecule has 0 atom stereocenters. The molecule has 3 heterocycles. The van der Waals surface area contributed by atoms with E-state index in [4.69, 9.17) is 9.15 Å². The Bertz CT molecular complexity index is 1110. The fraction of sp³-hybridized carbons (Fsp3) is 0.0526. The maximum atomic E-state index is 13.1.